The van der Waals surface area contributed by atoms with Crippen LogP contribution in [0.3, 0.4) is 0 Å². The largest absolute Gasteiger partial charge is 0.508 e. The van der Waals surface area contributed by atoms with E-state index in [-0.39, 0.29) is 17.2 Å². The van der Waals surface area contributed by atoms with Crippen LogP contribution in [-0.4, -0.2) is 32.7 Å². The van der Waals surface area contributed by atoms with Gasteiger partial charge in [0.05, 0.1) is 5.56 Å². The molecule has 1 aromatic heterocycles. The Bertz CT molecular complexity index is 538. The van der Waals surface area contributed by atoms with E-state index in [2.05, 4.69) is 20.5 Å². The molecule has 0 fully saturated rings. The number of rotatable bonds is 4. The molecular formula is C11H13N5O2. The van der Waals surface area contributed by atoms with Crippen molar-refractivity contribution in [1.82, 2.24) is 20.5 Å². The Labute approximate surface area is 103 Å². The lowest BCUT2D eigenvalue weighted by Crippen LogP contribution is -2.26. The Morgan fingerprint density at radius 3 is 3.06 bits per heavy atom. The number of nitrogen functional groups attached to an aromatic ring is 1. The van der Waals surface area contributed by atoms with E-state index in [1.54, 1.807) is 0 Å². The van der Waals surface area contributed by atoms with Crippen molar-refractivity contribution in [2.45, 2.75) is 6.42 Å². The van der Waals surface area contributed by atoms with Crippen LogP contribution in [0.15, 0.2) is 24.5 Å². The van der Waals surface area contributed by atoms with Gasteiger partial charge in [-0.15, -0.1) is 0 Å². The van der Waals surface area contributed by atoms with Crippen molar-refractivity contribution >= 4 is 11.6 Å². The summed E-state index contributed by atoms with van der Waals surface area (Å²) in [4.78, 5) is 15.7. The molecule has 1 aromatic carbocycles. The zero-order chi connectivity index (χ0) is 13.0. The van der Waals surface area contributed by atoms with Gasteiger partial charge in [0.1, 0.15) is 17.9 Å². The van der Waals surface area contributed by atoms with Crippen LogP contribution in [0.25, 0.3) is 0 Å². The molecule has 1 amide bonds. The van der Waals surface area contributed by atoms with Crippen LogP contribution in [0.2, 0.25) is 0 Å². The van der Waals surface area contributed by atoms with Gasteiger partial charge in [-0.25, -0.2) is 4.98 Å². The molecule has 0 aliphatic carbocycles. The second kappa shape index (κ2) is 5.17. The standard InChI is InChI=1S/C11H13N5O2/c12-9-2-1-7(17)5-8(9)11(18)13-4-3-10-14-6-15-16-10/h1-2,5-6,17H,3-4,12H2,(H,13,18)(H,14,15,16). The first-order valence-corrected chi connectivity index (χ1v) is 5.38. The maximum atomic E-state index is 11.8. The van der Waals surface area contributed by atoms with Gasteiger partial charge in [-0.1, -0.05) is 0 Å². The summed E-state index contributed by atoms with van der Waals surface area (Å²) in [5, 5.41) is 18.4. The van der Waals surface area contributed by atoms with Crippen LogP contribution in [0.5, 0.6) is 5.75 Å². The third-order valence-corrected chi connectivity index (χ3v) is 2.39. The smallest absolute Gasteiger partial charge is 0.253 e. The van der Waals surface area contributed by atoms with Crippen molar-refractivity contribution in [3.05, 3.63) is 35.9 Å². The predicted octanol–water partition coefficient (Wildman–Crippen LogP) is 0.0650. The van der Waals surface area contributed by atoms with Crippen molar-refractivity contribution in [2.75, 3.05) is 12.3 Å². The monoisotopic (exact) mass is 247 g/mol. The van der Waals surface area contributed by atoms with Crippen molar-refractivity contribution in [3.8, 4) is 5.75 Å². The molecule has 0 radical (unpaired) electrons. The Balaban J connectivity index is 1.93. The summed E-state index contributed by atoms with van der Waals surface area (Å²) in [5.74, 6) is 0.367. The molecule has 2 rings (SSSR count). The van der Waals surface area contributed by atoms with Gasteiger partial charge in [-0.3, -0.25) is 9.89 Å². The van der Waals surface area contributed by atoms with Crippen LogP contribution in [-0.2, 0) is 6.42 Å². The number of benzene rings is 1. The zero-order valence-corrected chi connectivity index (χ0v) is 9.55. The lowest BCUT2D eigenvalue weighted by atomic mass is 10.1. The molecule has 0 saturated carbocycles. The van der Waals surface area contributed by atoms with Gasteiger partial charge in [-0.05, 0) is 18.2 Å². The van der Waals surface area contributed by atoms with Gasteiger partial charge in [-0.2, -0.15) is 5.10 Å². The number of carbonyl (C=O) groups is 1. The van der Waals surface area contributed by atoms with Crippen LogP contribution in [0.1, 0.15) is 16.2 Å². The minimum absolute atomic E-state index is 0.00424. The number of hydrogen-bond donors (Lipinski definition) is 4. The van der Waals surface area contributed by atoms with E-state index in [1.165, 1.54) is 24.5 Å². The number of phenolic OH excluding ortho intramolecular Hbond substituents is 1. The molecule has 2 aromatic rings. The van der Waals surface area contributed by atoms with E-state index in [0.717, 1.165) is 0 Å². The second-order valence-corrected chi connectivity index (χ2v) is 3.71. The highest BCUT2D eigenvalue weighted by atomic mass is 16.3. The maximum absolute atomic E-state index is 11.8. The van der Waals surface area contributed by atoms with E-state index in [9.17, 15) is 9.90 Å². The quantitative estimate of drug-likeness (QED) is 0.450. The number of aromatic amines is 1. The molecular weight excluding hydrogens is 234 g/mol. The average molecular weight is 247 g/mol. The normalized spacial score (nSPS) is 10.2. The third kappa shape index (κ3) is 2.76. The minimum Gasteiger partial charge on any atom is -0.508 e. The van der Waals surface area contributed by atoms with Crippen LogP contribution in [0.4, 0.5) is 5.69 Å². The predicted molar refractivity (Wildman–Crippen MR) is 64.9 cm³/mol. The van der Waals surface area contributed by atoms with E-state index in [4.69, 9.17) is 5.73 Å². The Morgan fingerprint density at radius 2 is 2.33 bits per heavy atom. The van der Waals surface area contributed by atoms with Crippen LogP contribution >= 0.6 is 0 Å². The fourth-order valence-electron chi connectivity index (χ4n) is 1.48. The highest BCUT2D eigenvalue weighted by molar-refractivity contribution is 5.99. The number of amides is 1. The number of phenols is 1. The molecule has 0 saturated heterocycles. The zero-order valence-electron chi connectivity index (χ0n) is 9.55. The summed E-state index contributed by atoms with van der Waals surface area (Å²) < 4.78 is 0. The Morgan fingerprint density at radius 1 is 1.50 bits per heavy atom. The number of H-pyrrole nitrogens is 1. The first kappa shape index (κ1) is 11.9. The molecule has 18 heavy (non-hydrogen) atoms. The van der Waals surface area contributed by atoms with E-state index >= 15 is 0 Å². The van der Waals surface area contributed by atoms with Gasteiger partial charge < -0.3 is 16.2 Å². The number of aromatic hydroxyl groups is 1. The molecule has 5 N–H and O–H groups in total. The lowest BCUT2D eigenvalue weighted by molar-refractivity contribution is 0.0954. The number of nitrogens with one attached hydrogen (secondary N) is 2. The molecule has 0 unspecified atom stereocenters. The number of nitrogens with zero attached hydrogens (tertiary/aromatic N) is 2. The topological polar surface area (TPSA) is 117 Å². The molecule has 7 heteroatoms. The van der Waals surface area contributed by atoms with Crippen LogP contribution in [0, 0.1) is 0 Å². The SMILES string of the molecule is Nc1ccc(O)cc1C(=O)NCCc1ncn[nH]1. The molecule has 0 bridgehead atoms. The second-order valence-electron chi connectivity index (χ2n) is 3.71. The van der Waals surface area contributed by atoms with Gasteiger partial charge in [0.15, 0.2) is 0 Å². The van der Waals surface area contributed by atoms with E-state index in [0.29, 0.717) is 24.5 Å². The van der Waals surface area contributed by atoms with Gasteiger partial charge in [0.25, 0.3) is 5.91 Å². The fraction of sp³-hybridized carbons (Fsp3) is 0.182. The summed E-state index contributed by atoms with van der Waals surface area (Å²) in [6.45, 7) is 0.406. The Kier molecular flexibility index (Phi) is 3.42. The number of nitrogens with two attached hydrogens (primary N) is 1. The minimum atomic E-state index is -0.331. The van der Waals surface area contributed by atoms with Gasteiger partial charge in [0, 0.05) is 18.7 Å². The van der Waals surface area contributed by atoms with Crippen molar-refractivity contribution < 1.29 is 9.90 Å². The van der Waals surface area contributed by atoms with Gasteiger partial charge in [0.2, 0.25) is 0 Å². The van der Waals surface area contributed by atoms with Gasteiger partial charge >= 0.3 is 0 Å². The molecule has 7 nitrogen and oxygen atoms in total. The summed E-state index contributed by atoms with van der Waals surface area (Å²) in [6, 6.07) is 4.25. The highest BCUT2D eigenvalue weighted by Crippen LogP contribution is 2.18. The molecule has 1 heterocycles. The summed E-state index contributed by atoms with van der Waals surface area (Å²) in [7, 11) is 0. The summed E-state index contributed by atoms with van der Waals surface area (Å²) in [5.41, 5.74) is 6.24. The van der Waals surface area contributed by atoms with Crippen molar-refractivity contribution in [1.29, 1.82) is 0 Å². The first-order valence-electron chi connectivity index (χ1n) is 5.38. The molecule has 0 aliphatic rings. The number of carbonyl (C=O) groups excluding carboxylic acids is 1. The highest BCUT2D eigenvalue weighted by Gasteiger charge is 2.10. The maximum Gasteiger partial charge on any atom is 0.253 e. The number of aromatic nitrogens is 3. The third-order valence-electron chi connectivity index (χ3n) is 2.39. The summed E-state index contributed by atoms with van der Waals surface area (Å²) in [6.07, 6.45) is 1.95. The lowest BCUT2D eigenvalue weighted by Gasteiger charge is -2.07. The van der Waals surface area contributed by atoms with Crippen molar-refractivity contribution in [2.24, 2.45) is 0 Å². The average Bonchev–Trinajstić information content (AvgIpc) is 2.85. The fourth-order valence-corrected chi connectivity index (χ4v) is 1.48. The van der Waals surface area contributed by atoms with Crippen molar-refractivity contribution in [3.63, 3.8) is 0 Å². The molecule has 0 spiro atoms. The van der Waals surface area contributed by atoms with Crippen LogP contribution < -0.4 is 11.1 Å². The number of hydrogen-bond acceptors (Lipinski definition) is 5. The Hall–Kier alpha value is -2.57. The first-order chi connectivity index (χ1) is 8.66. The molecule has 94 valence electrons. The summed E-state index contributed by atoms with van der Waals surface area (Å²) >= 11 is 0. The molecule has 0 atom stereocenters. The van der Waals surface area contributed by atoms with E-state index in [1.807, 2.05) is 0 Å². The van der Waals surface area contributed by atoms with E-state index < -0.39 is 0 Å². The number of anilines is 1. The molecule has 0 aliphatic heterocycles.